The quantitative estimate of drug-likeness (QED) is 0.308. The summed E-state index contributed by atoms with van der Waals surface area (Å²) in [6.07, 6.45) is 5.41. The molecule has 5 aromatic rings. The fraction of sp³-hybridized carbons (Fsp3) is 0.259. The van der Waals surface area contributed by atoms with Crippen molar-refractivity contribution in [2.24, 2.45) is 0 Å². The maximum atomic E-state index is 12.7. The van der Waals surface area contributed by atoms with Crippen molar-refractivity contribution >= 4 is 28.3 Å². The molecule has 0 atom stereocenters. The minimum atomic E-state index is -0.451. The molecule has 8 heteroatoms. The SMILES string of the molecule is CCOC(=O)c1cnc2c(N(C)Cc3ccccc3)cc(-c3cn(C(C)C)c4ncccc34)nn12. The summed E-state index contributed by atoms with van der Waals surface area (Å²) in [6.45, 7) is 6.99. The minimum Gasteiger partial charge on any atom is -0.461 e. The molecule has 0 N–H and O–H groups in total. The molecule has 0 bridgehead atoms. The van der Waals surface area contributed by atoms with E-state index in [0.717, 1.165) is 28.0 Å². The molecule has 0 unspecified atom stereocenters. The van der Waals surface area contributed by atoms with Crippen molar-refractivity contribution in [1.82, 2.24) is 24.1 Å². The average molecular weight is 469 g/mol. The van der Waals surface area contributed by atoms with Crippen molar-refractivity contribution < 1.29 is 9.53 Å². The molecular weight excluding hydrogens is 440 g/mol. The number of anilines is 1. The topological polar surface area (TPSA) is 77.5 Å². The smallest absolute Gasteiger partial charge is 0.358 e. The Morgan fingerprint density at radius 1 is 1.09 bits per heavy atom. The van der Waals surface area contributed by atoms with Gasteiger partial charge in [-0.1, -0.05) is 30.3 Å². The van der Waals surface area contributed by atoms with E-state index in [9.17, 15) is 4.79 Å². The van der Waals surface area contributed by atoms with Gasteiger partial charge in [0.1, 0.15) is 5.65 Å². The number of hydrogen-bond donors (Lipinski definition) is 0. The van der Waals surface area contributed by atoms with E-state index in [4.69, 9.17) is 9.84 Å². The first kappa shape index (κ1) is 22.6. The second-order valence-corrected chi connectivity index (χ2v) is 8.77. The number of rotatable bonds is 7. The third kappa shape index (κ3) is 4.12. The Hall–Kier alpha value is -4.20. The molecule has 0 aliphatic heterocycles. The van der Waals surface area contributed by atoms with Gasteiger partial charge in [0.15, 0.2) is 11.3 Å². The Morgan fingerprint density at radius 3 is 2.63 bits per heavy atom. The minimum absolute atomic E-state index is 0.230. The van der Waals surface area contributed by atoms with Crippen LogP contribution in [0.4, 0.5) is 5.69 Å². The van der Waals surface area contributed by atoms with Crippen LogP contribution < -0.4 is 4.90 Å². The molecule has 0 aliphatic rings. The molecule has 0 saturated carbocycles. The van der Waals surface area contributed by atoms with Crippen molar-refractivity contribution in [2.75, 3.05) is 18.6 Å². The zero-order valence-corrected chi connectivity index (χ0v) is 20.3. The molecule has 0 fully saturated rings. The van der Waals surface area contributed by atoms with E-state index in [1.54, 1.807) is 17.6 Å². The summed E-state index contributed by atoms with van der Waals surface area (Å²) >= 11 is 0. The molecule has 0 aliphatic carbocycles. The van der Waals surface area contributed by atoms with Crippen LogP contribution in [0.3, 0.4) is 0 Å². The number of benzene rings is 1. The van der Waals surface area contributed by atoms with Crippen LogP contribution in [-0.4, -0.2) is 43.8 Å². The highest BCUT2D eigenvalue weighted by molar-refractivity contribution is 5.95. The monoisotopic (exact) mass is 468 g/mol. The van der Waals surface area contributed by atoms with E-state index in [1.807, 2.05) is 37.4 Å². The number of imidazole rings is 1. The van der Waals surface area contributed by atoms with Gasteiger partial charge in [0.05, 0.1) is 24.2 Å². The molecule has 8 nitrogen and oxygen atoms in total. The predicted octanol–water partition coefficient (Wildman–Crippen LogP) is 5.14. The van der Waals surface area contributed by atoms with Gasteiger partial charge in [-0.2, -0.15) is 5.10 Å². The second kappa shape index (κ2) is 9.21. The van der Waals surface area contributed by atoms with Crippen LogP contribution in [0.5, 0.6) is 0 Å². The molecular formula is C27H28N6O2. The Bertz CT molecular complexity index is 1500. The number of carbonyl (C=O) groups is 1. The number of pyridine rings is 1. The Kier molecular flexibility index (Phi) is 5.94. The summed E-state index contributed by atoms with van der Waals surface area (Å²) in [4.78, 5) is 24.0. The summed E-state index contributed by atoms with van der Waals surface area (Å²) in [5, 5.41) is 5.87. The van der Waals surface area contributed by atoms with Crippen LogP contribution in [0.15, 0.2) is 67.1 Å². The molecule has 0 spiro atoms. The first-order chi connectivity index (χ1) is 17.0. The predicted molar refractivity (Wildman–Crippen MR) is 137 cm³/mol. The Balaban J connectivity index is 1.72. The van der Waals surface area contributed by atoms with E-state index in [-0.39, 0.29) is 12.6 Å². The van der Waals surface area contributed by atoms with Gasteiger partial charge in [-0.25, -0.2) is 19.3 Å². The average Bonchev–Trinajstić information content (AvgIpc) is 3.46. The van der Waals surface area contributed by atoms with E-state index in [0.29, 0.717) is 17.9 Å². The highest BCUT2D eigenvalue weighted by atomic mass is 16.5. The summed E-state index contributed by atoms with van der Waals surface area (Å²) in [5.74, 6) is -0.451. The zero-order chi connectivity index (χ0) is 24.5. The molecule has 1 aromatic carbocycles. The van der Waals surface area contributed by atoms with Crippen LogP contribution in [0, 0.1) is 0 Å². The summed E-state index contributed by atoms with van der Waals surface area (Å²) in [5.41, 5.74) is 5.50. The lowest BCUT2D eigenvalue weighted by molar-refractivity contribution is 0.0517. The first-order valence-electron chi connectivity index (χ1n) is 11.7. The van der Waals surface area contributed by atoms with Crippen LogP contribution in [-0.2, 0) is 11.3 Å². The molecule has 0 radical (unpaired) electrons. The largest absolute Gasteiger partial charge is 0.461 e. The third-order valence-electron chi connectivity index (χ3n) is 6.03. The first-order valence-corrected chi connectivity index (χ1v) is 11.7. The summed E-state index contributed by atoms with van der Waals surface area (Å²) < 4.78 is 9.01. The van der Waals surface area contributed by atoms with Gasteiger partial charge in [-0.05, 0) is 44.5 Å². The van der Waals surface area contributed by atoms with Crippen LogP contribution in [0.2, 0.25) is 0 Å². The van der Waals surface area contributed by atoms with Gasteiger partial charge in [0, 0.05) is 43.0 Å². The fourth-order valence-electron chi connectivity index (χ4n) is 4.33. The van der Waals surface area contributed by atoms with Crippen molar-refractivity contribution in [3.63, 3.8) is 0 Å². The second-order valence-electron chi connectivity index (χ2n) is 8.77. The highest BCUT2D eigenvalue weighted by Gasteiger charge is 2.22. The Morgan fingerprint density at radius 2 is 1.89 bits per heavy atom. The molecule has 0 amide bonds. The lowest BCUT2D eigenvalue weighted by Crippen LogP contribution is -2.19. The number of carbonyl (C=O) groups excluding carboxylic acids is 1. The van der Waals surface area contributed by atoms with Gasteiger partial charge in [0.25, 0.3) is 0 Å². The molecule has 5 rings (SSSR count). The maximum Gasteiger partial charge on any atom is 0.358 e. The van der Waals surface area contributed by atoms with E-state index in [2.05, 4.69) is 57.7 Å². The van der Waals surface area contributed by atoms with Crippen LogP contribution in [0.1, 0.15) is 42.9 Å². The number of aromatic nitrogens is 5. The number of hydrogen-bond acceptors (Lipinski definition) is 6. The van der Waals surface area contributed by atoms with Crippen molar-refractivity contribution in [2.45, 2.75) is 33.4 Å². The zero-order valence-electron chi connectivity index (χ0n) is 20.3. The maximum absolute atomic E-state index is 12.7. The Labute approximate surface area is 203 Å². The fourth-order valence-corrected chi connectivity index (χ4v) is 4.33. The van der Waals surface area contributed by atoms with Gasteiger partial charge < -0.3 is 14.2 Å². The molecule has 4 aromatic heterocycles. The number of esters is 1. The van der Waals surface area contributed by atoms with Gasteiger partial charge in [0.2, 0.25) is 0 Å². The lowest BCUT2D eigenvalue weighted by atomic mass is 10.1. The van der Waals surface area contributed by atoms with Gasteiger partial charge in [-0.3, -0.25) is 0 Å². The standard InChI is InChI=1S/C27H28N6O2/c1-5-35-27(34)24-15-29-26-23(31(4)16-19-10-7-6-8-11-19)14-22(30-33(24)26)21-17-32(18(2)3)25-20(21)12-9-13-28-25/h6-15,17-18H,5,16H2,1-4H3. The highest BCUT2D eigenvalue weighted by Crippen LogP contribution is 2.34. The van der Waals surface area contributed by atoms with Gasteiger partial charge in [-0.15, -0.1) is 0 Å². The molecule has 4 heterocycles. The van der Waals surface area contributed by atoms with Crippen molar-refractivity contribution in [3.8, 4) is 11.3 Å². The summed E-state index contributed by atoms with van der Waals surface area (Å²) in [7, 11) is 2.02. The van der Waals surface area contributed by atoms with E-state index < -0.39 is 5.97 Å². The van der Waals surface area contributed by atoms with E-state index in [1.165, 1.54) is 11.8 Å². The van der Waals surface area contributed by atoms with E-state index >= 15 is 0 Å². The van der Waals surface area contributed by atoms with Crippen LogP contribution in [0.25, 0.3) is 27.9 Å². The molecule has 0 saturated heterocycles. The third-order valence-corrected chi connectivity index (χ3v) is 6.03. The normalized spacial score (nSPS) is 11.5. The summed E-state index contributed by atoms with van der Waals surface area (Å²) in [6, 6.07) is 16.5. The number of ether oxygens (including phenoxy) is 1. The number of fused-ring (bicyclic) bond motifs is 2. The van der Waals surface area contributed by atoms with Crippen LogP contribution >= 0.6 is 0 Å². The van der Waals surface area contributed by atoms with Gasteiger partial charge >= 0.3 is 5.97 Å². The molecule has 178 valence electrons. The number of nitrogens with zero attached hydrogens (tertiary/aromatic N) is 6. The molecule has 35 heavy (non-hydrogen) atoms. The van der Waals surface area contributed by atoms with Crippen molar-refractivity contribution in [3.05, 3.63) is 78.4 Å². The lowest BCUT2D eigenvalue weighted by Gasteiger charge is -2.21. The van der Waals surface area contributed by atoms with Crippen molar-refractivity contribution in [1.29, 1.82) is 0 Å².